The summed E-state index contributed by atoms with van der Waals surface area (Å²) >= 11 is 0. The summed E-state index contributed by atoms with van der Waals surface area (Å²) in [6.07, 6.45) is -1.29. The minimum Gasteiger partial charge on any atom is -0.437 e. The van der Waals surface area contributed by atoms with Crippen LogP contribution in [0.4, 0.5) is 9.59 Å². The van der Waals surface area contributed by atoms with Crippen molar-refractivity contribution >= 4 is 12.3 Å². The molecule has 0 bridgehead atoms. The van der Waals surface area contributed by atoms with Crippen molar-refractivity contribution in [1.29, 1.82) is 0 Å². The molecule has 0 aliphatic carbocycles. The van der Waals surface area contributed by atoms with Gasteiger partial charge in [-0.05, 0) is 26.0 Å². The van der Waals surface area contributed by atoms with E-state index in [2.05, 4.69) is 14.2 Å². The van der Waals surface area contributed by atoms with Crippen molar-refractivity contribution in [3.8, 4) is 5.75 Å². The molecule has 0 aromatic heterocycles. The van der Waals surface area contributed by atoms with Crippen LogP contribution in [-0.4, -0.2) is 32.6 Å². The highest BCUT2D eigenvalue weighted by Crippen LogP contribution is 2.08. The van der Waals surface area contributed by atoms with Gasteiger partial charge in [0, 0.05) is 0 Å². The molecule has 1 aromatic rings. The topological polar surface area (TPSA) is 71.1 Å². The molecule has 106 valence electrons. The zero-order chi connectivity index (χ0) is 14.5. The Morgan fingerprint density at radius 1 is 0.947 bits per heavy atom. The second-order valence-electron chi connectivity index (χ2n) is 2.99. The van der Waals surface area contributed by atoms with Gasteiger partial charge in [-0.25, -0.2) is 9.59 Å². The highest BCUT2D eigenvalue weighted by atomic mass is 16.7. The molecule has 0 saturated heterocycles. The number of carbonyl (C=O) groups is 2. The van der Waals surface area contributed by atoms with Gasteiger partial charge >= 0.3 is 12.3 Å². The highest BCUT2D eigenvalue weighted by Gasteiger charge is 2.00. The molecule has 0 unspecified atom stereocenters. The number of benzene rings is 1. The Balaban J connectivity index is 0.000000362. The minimum absolute atomic E-state index is 0.374. The summed E-state index contributed by atoms with van der Waals surface area (Å²) in [6, 6.07) is 8.74. The molecule has 1 rings (SSSR count). The van der Waals surface area contributed by atoms with Crippen molar-refractivity contribution in [2.75, 3.05) is 20.3 Å². The van der Waals surface area contributed by atoms with E-state index in [9.17, 15) is 9.59 Å². The normalized spacial score (nSPS) is 8.58. The molecule has 0 heterocycles. The van der Waals surface area contributed by atoms with Crippen molar-refractivity contribution in [2.45, 2.75) is 13.8 Å². The van der Waals surface area contributed by atoms with Gasteiger partial charge in [-0.15, -0.1) is 0 Å². The standard InChI is InChI=1S/C8H8O3.C5H10O3/c1-10-8(9)11-7-5-3-2-4-6-7;1-3-7-5(6)8-4-2/h2-6H,1H3;3-4H2,1-2H3. The zero-order valence-electron chi connectivity index (χ0n) is 11.3. The van der Waals surface area contributed by atoms with Gasteiger partial charge in [0.1, 0.15) is 5.75 Å². The van der Waals surface area contributed by atoms with E-state index in [1.807, 2.05) is 6.07 Å². The van der Waals surface area contributed by atoms with Crippen LogP contribution in [0.5, 0.6) is 5.75 Å². The molecule has 6 nitrogen and oxygen atoms in total. The monoisotopic (exact) mass is 270 g/mol. The second kappa shape index (κ2) is 10.9. The maximum Gasteiger partial charge on any atom is 0.513 e. The van der Waals surface area contributed by atoms with Crippen LogP contribution >= 0.6 is 0 Å². The largest absolute Gasteiger partial charge is 0.513 e. The number of ether oxygens (including phenoxy) is 4. The molecule has 0 saturated carbocycles. The van der Waals surface area contributed by atoms with Crippen LogP contribution in [0.1, 0.15) is 13.8 Å². The smallest absolute Gasteiger partial charge is 0.437 e. The van der Waals surface area contributed by atoms with E-state index in [-0.39, 0.29) is 0 Å². The third-order valence-corrected chi connectivity index (χ3v) is 1.64. The van der Waals surface area contributed by atoms with Crippen molar-refractivity contribution in [3.05, 3.63) is 30.3 Å². The van der Waals surface area contributed by atoms with Crippen LogP contribution in [-0.2, 0) is 14.2 Å². The fraction of sp³-hybridized carbons (Fsp3) is 0.385. The van der Waals surface area contributed by atoms with Gasteiger partial charge in [0.2, 0.25) is 0 Å². The van der Waals surface area contributed by atoms with E-state index in [1.165, 1.54) is 7.11 Å². The summed E-state index contributed by atoms with van der Waals surface area (Å²) in [4.78, 5) is 20.7. The molecular weight excluding hydrogens is 252 g/mol. The van der Waals surface area contributed by atoms with Gasteiger partial charge in [-0.3, -0.25) is 0 Å². The van der Waals surface area contributed by atoms with Gasteiger partial charge in [-0.2, -0.15) is 0 Å². The van der Waals surface area contributed by atoms with Crippen molar-refractivity contribution < 1.29 is 28.5 Å². The first-order chi connectivity index (χ1) is 9.13. The van der Waals surface area contributed by atoms with Crippen molar-refractivity contribution in [2.24, 2.45) is 0 Å². The quantitative estimate of drug-likeness (QED) is 0.621. The Morgan fingerprint density at radius 3 is 1.89 bits per heavy atom. The Labute approximate surface area is 112 Å². The van der Waals surface area contributed by atoms with E-state index in [0.717, 1.165) is 0 Å². The van der Waals surface area contributed by atoms with Crippen LogP contribution in [0.15, 0.2) is 30.3 Å². The third kappa shape index (κ3) is 9.46. The average Bonchev–Trinajstić information content (AvgIpc) is 2.41. The van der Waals surface area contributed by atoms with Gasteiger partial charge in [-0.1, -0.05) is 18.2 Å². The first-order valence-corrected chi connectivity index (χ1v) is 5.74. The number of hydrogen-bond donors (Lipinski definition) is 0. The summed E-state index contributed by atoms with van der Waals surface area (Å²) in [6.45, 7) is 4.21. The van der Waals surface area contributed by atoms with Crippen LogP contribution in [0.25, 0.3) is 0 Å². The van der Waals surface area contributed by atoms with E-state index >= 15 is 0 Å². The molecule has 0 aliphatic heterocycles. The van der Waals surface area contributed by atoms with Gasteiger partial charge in [0.15, 0.2) is 0 Å². The summed E-state index contributed by atoms with van der Waals surface area (Å²) in [5.74, 6) is 0.486. The number of hydrogen-bond acceptors (Lipinski definition) is 6. The lowest BCUT2D eigenvalue weighted by atomic mass is 10.3. The number of carbonyl (C=O) groups excluding carboxylic acids is 2. The van der Waals surface area contributed by atoms with Crippen LogP contribution in [0, 0.1) is 0 Å². The Kier molecular flexibility index (Phi) is 9.60. The van der Waals surface area contributed by atoms with E-state index < -0.39 is 12.3 Å². The molecule has 1 aromatic carbocycles. The minimum atomic E-state index is -0.698. The SMILES string of the molecule is CCOC(=O)OCC.COC(=O)Oc1ccccc1. The number of para-hydroxylation sites is 1. The fourth-order valence-corrected chi connectivity index (χ4v) is 0.904. The second-order valence-corrected chi connectivity index (χ2v) is 2.99. The van der Waals surface area contributed by atoms with Crippen molar-refractivity contribution in [3.63, 3.8) is 0 Å². The Morgan fingerprint density at radius 2 is 1.47 bits per heavy atom. The molecule has 0 radical (unpaired) electrons. The molecule has 6 heteroatoms. The van der Waals surface area contributed by atoms with Crippen LogP contribution in [0.3, 0.4) is 0 Å². The van der Waals surface area contributed by atoms with Gasteiger partial charge in [0.05, 0.1) is 20.3 Å². The predicted octanol–water partition coefficient (Wildman–Crippen LogP) is 3.01. The number of rotatable bonds is 3. The zero-order valence-corrected chi connectivity index (χ0v) is 11.3. The van der Waals surface area contributed by atoms with E-state index in [4.69, 9.17) is 4.74 Å². The van der Waals surface area contributed by atoms with Gasteiger partial charge in [0.25, 0.3) is 0 Å². The van der Waals surface area contributed by atoms with E-state index in [1.54, 1.807) is 38.1 Å². The number of methoxy groups -OCH3 is 1. The maximum absolute atomic E-state index is 10.5. The molecule has 19 heavy (non-hydrogen) atoms. The molecule has 0 spiro atoms. The third-order valence-electron chi connectivity index (χ3n) is 1.64. The van der Waals surface area contributed by atoms with Crippen molar-refractivity contribution in [1.82, 2.24) is 0 Å². The summed E-state index contributed by atoms with van der Waals surface area (Å²) in [7, 11) is 1.27. The molecule has 0 atom stereocenters. The molecule has 0 aliphatic rings. The summed E-state index contributed by atoms with van der Waals surface area (Å²) < 4.78 is 17.8. The van der Waals surface area contributed by atoms with Gasteiger partial charge < -0.3 is 18.9 Å². The molecular formula is C13H18O6. The van der Waals surface area contributed by atoms with E-state index in [0.29, 0.717) is 19.0 Å². The lowest BCUT2D eigenvalue weighted by Crippen LogP contribution is -2.06. The summed E-state index contributed by atoms with van der Waals surface area (Å²) in [5.41, 5.74) is 0. The predicted molar refractivity (Wildman–Crippen MR) is 68.1 cm³/mol. The maximum atomic E-state index is 10.5. The molecule has 0 amide bonds. The Hall–Kier alpha value is -2.24. The average molecular weight is 270 g/mol. The Bertz CT molecular complexity index is 355. The first-order valence-electron chi connectivity index (χ1n) is 5.74. The van der Waals surface area contributed by atoms with Crippen LogP contribution < -0.4 is 4.74 Å². The first kappa shape index (κ1) is 16.8. The fourth-order valence-electron chi connectivity index (χ4n) is 0.904. The lowest BCUT2D eigenvalue weighted by molar-refractivity contribution is 0.0630. The van der Waals surface area contributed by atoms with Crippen LogP contribution in [0.2, 0.25) is 0 Å². The summed E-state index contributed by atoms with van der Waals surface area (Å²) in [5, 5.41) is 0. The lowest BCUT2D eigenvalue weighted by Gasteiger charge is -1.99. The molecule has 0 N–H and O–H groups in total. The molecule has 0 fully saturated rings. The highest BCUT2D eigenvalue weighted by molar-refractivity contribution is 5.63.